The maximum atomic E-state index is 14.0. The highest BCUT2D eigenvalue weighted by Crippen LogP contribution is 2.26. The molecule has 2 aliphatic heterocycles. The summed E-state index contributed by atoms with van der Waals surface area (Å²) in [5.41, 5.74) is 0.406. The van der Waals surface area contributed by atoms with Crippen molar-refractivity contribution < 1.29 is 13.6 Å². The van der Waals surface area contributed by atoms with E-state index in [-0.39, 0.29) is 11.5 Å². The number of piperazine rings is 2. The summed E-state index contributed by atoms with van der Waals surface area (Å²) in [6, 6.07) is 7.51. The lowest BCUT2D eigenvalue weighted by Gasteiger charge is -2.43. The Morgan fingerprint density at radius 2 is 1.67 bits per heavy atom. The smallest absolute Gasteiger partial charge is 0.236 e. The number of carbonyl (C=O) groups excluding carboxylic acids is 1. The van der Waals surface area contributed by atoms with Crippen LogP contribution in [0.4, 0.5) is 14.6 Å². The maximum Gasteiger partial charge on any atom is 0.236 e. The summed E-state index contributed by atoms with van der Waals surface area (Å²) < 4.78 is 27.4. The second-order valence-electron chi connectivity index (χ2n) is 9.17. The van der Waals surface area contributed by atoms with Crippen LogP contribution in [-0.4, -0.2) is 95.7 Å². The second kappa shape index (κ2) is 9.69. The average molecular weight is 457 g/mol. The monoisotopic (exact) mass is 456 g/mol. The van der Waals surface area contributed by atoms with Crippen LogP contribution in [0.15, 0.2) is 30.3 Å². The number of nitrogens with zero attached hydrogens (tertiary/aromatic N) is 6. The van der Waals surface area contributed by atoms with Gasteiger partial charge in [0.2, 0.25) is 5.91 Å². The summed E-state index contributed by atoms with van der Waals surface area (Å²) in [7, 11) is 0. The average Bonchev–Trinajstić information content (AvgIpc) is 2.81. The van der Waals surface area contributed by atoms with Crippen molar-refractivity contribution in [2.24, 2.45) is 0 Å². The summed E-state index contributed by atoms with van der Waals surface area (Å²) in [5, 5.41) is 8.34. The molecule has 7 nitrogen and oxygen atoms in total. The van der Waals surface area contributed by atoms with Gasteiger partial charge in [0.1, 0.15) is 11.6 Å². The molecule has 9 heteroatoms. The molecule has 2 aromatic rings. The van der Waals surface area contributed by atoms with Gasteiger partial charge in [-0.1, -0.05) is 6.42 Å². The Morgan fingerprint density at radius 3 is 2.30 bits per heavy atom. The van der Waals surface area contributed by atoms with Gasteiger partial charge in [-0.3, -0.25) is 14.6 Å². The third-order valence-electron chi connectivity index (χ3n) is 7.17. The lowest BCUT2D eigenvalue weighted by Crippen LogP contribution is -2.56. The number of carbonyl (C=O) groups is 1. The van der Waals surface area contributed by atoms with Gasteiger partial charge in [0, 0.05) is 64.0 Å². The second-order valence-corrected chi connectivity index (χ2v) is 9.17. The van der Waals surface area contributed by atoms with Crippen molar-refractivity contribution in [2.75, 3.05) is 63.8 Å². The Morgan fingerprint density at radius 1 is 0.909 bits per heavy atom. The molecule has 5 rings (SSSR count). The fourth-order valence-electron chi connectivity index (χ4n) is 4.85. The maximum absolute atomic E-state index is 14.0. The quantitative estimate of drug-likeness (QED) is 0.688. The summed E-state index contributed by atoms with van der Waals surface area (Å²) in [5.74, 6) is -0.115. The van der Waals surface area contributed by atoms with Crippen molar-refractivity contribution in [3.8, 4) is 11.3 Å². The summed E-state index contributed by atoms with van der Waals surface area (Å²) in [6.07, 6.45) is 3.97. The highest BCUT2D eigenvalue weighted by molar-refractivity contribution is 5.78. The highest BCUT2D eigenvalue weighted by Gasteiger charge is 2.30. The van der Waals surface area contributed by atoms with Crippen molar-refractivity contribution in [3.63, 3.8) is 0 Å². The molecule has 1 aromatic carbocycles. The van der Waals surface area contributed by atoms with Crippen LogP contribution in [0.1, 0.15) is 19.3 Å². The number of hydrogen-bond acceptors (Lipinski definition) is 6. The molecule has 0 bridgehead atoms. The fourth-order valence-corrected chi connectivity index (χ4v) is 4.85. The van der Waals surface area contributed by atoms with Crippen LogP contribution >= 0.6 is 0 Å². The van der Waals surface area contributed by atoms with Crippen LogP contribution in [0.5, 0.6) is 0 Å². The van der Waals surface area contributed by atoms with Crippen molar-refractivity contribution in [1.29, 1.82) is 0 Å². The predicted octanol–water partition coefficient (Wildman–Crippen LogP) is 2.24. The number of aromatic nitrogens is 2. The molecule has 1 amide bonds. The van der Waals surface area contributed by atoms with E-state index >= 15 is 0 Å². The summed E-state index contributed by atoms with van der Waals surface area (Å²) in [4.78, 5) is 21.6. The first-order valence-corrected chi connectivity index (χ1v) is 11.8. The largest absolute Gasteiger partial charge is 0.353 e. The third-order valence-corrected chi connectivity index (χ3v) is 7.17. The number of hydrogen-bond donors (Lipinski definition) is 0. The Bertz CT molecular complexity index is 967. The van der Waals surface area contributed by atoms with E-state index in [4.69, 9.17) is 0 Å². The minimum Gasteiger partial charge on any atom is -0.353 e. The molecule has 0 unspecified atom stereocenters. The number of halogens is 2. The van der Waals surface area contributed by atoms with Crippen molar-refractivity contribution >= 4 is 11.7 Å². The molecular formula is C24H30F2N6O. The minimum absolute atomic E-state index is 0.103. The highest BCUT2D eigenvalue weighted by atomic mass is 19.1. The molecule has 0 atom stereocenters. The molecule has 3 fully saturated rings. The first-order valence-electron chi connectivity index (χ1n) is 11.8. The molecule has 176 valence electrons. The SMILES string of the molecule is O=C(CN1CCN(c2ccc(-c3cc(F)ccc3F)nn2)CC1)N1CCN(C2CCC2)CC1. The standard InChI is InChI=1S/C24H30F2N6O/c25-18-4-5-21(26)20(16-18)22-6-7-23(28-27-22)31-10-8-29(9-11-31)17-24(33)32-14-12-30(13-15-32)19-2-1-3-19/h4-7,16,19H,1-3,8-15,17H2. The topological polar surface area (TPSA) is 55.8 Å². The van der Waals surface area contributed by atoms with Crippen molar-refractivity contribution in [1.82, 2.24) is 24.9 Å². The lowest BCUT2D eigenvalue weighted by atomic mass is 9.91. The molecule has 0 spiro atoms. The zero-order chi connectivity index (χ0) is 22.8. The zero-order valence-corrected chi connectivity index (χ0v) is 18.8. The van der Waals surface area contributed by atoms with Gasteiger partial charge in [0.25, 0.3) is 0 Å². The zero-order valence-electron chi connectivity index (χ0n) is 18.8. The van der Waals surface area contributed by atoms with Gasteiger partial charge in [0.15, 0.2) is 5.82 Å². The van der Waals surface area contributed by atoms with Gasteiger partial charge in [-0.2, -0.15) is 0 Å². The number of amides is 1. The van der Waals surface area contributed by atoms with Crippen LogP contribution in [0.3, 0.4) is 0 Å². The van der Waals surface area contributed by atoms with E-state index in [1.165, 1.54) is 19.3 Å². The Labute approximate surface area is 193 Å². The van der Waals surface area contributed by atoms with Crippen molar-refractivity contribution in [3.05, 3.63) is 42.0 Å². The molecule has 3 aliphatic rings. The van der Waals surface area contributed by atoms with E-state index in [9.17, 15) is 13.6 Å². The van der Waals surface area contributed by atoms with Gasteiger partial charge in [-0.15, -0.1) is 10.2 Å². The minimum atomic E-state index is -0.527. The Hall–Kier alpha value is -2.65. The molecule has 0 N–H and O–H groups in total. The number of anilines is 1. The molecule has 3 heterocycles. The van der Waals surface area contributed by atoms with E-state index in [0.29, 0.717) is 18.1 Å². The summed E-state index contributed by atoms with van der Waals surface area (Å²) in [6.45, 7) is 7.16. The number of benzene rings is 1. The van der Waals surface area contributed by atoms with E-state index in [1.54, 1.807) is 12.1 Å². The van der Waals surface area contributed by atoms with Crippen LogP contribution in [-0.2, 0) is 4.79 Å². The molecule has 1 saturated carbocycles. The van der Waals surface area contributed by atoms with Gasteiger partial charge in [0.05, 0.1) is 12.2 Å². The van der Waals surface area contributed by atoms with Gasteiger partial charge >= 0.3 is 0 Å². The fraction of sp³-hybridized carbons (Fsp3) is 0.542. The van der Waals surface area contributed by atoms with Gasteiger partial charge < -0.3 is 9.80 Å². The Balaban J connectivity index is 1.10. The van der Waals surface area contributed by atoms with Gasteiger partial charge in [-0.25, -0.2) is 8.78 Å². The van der Waals surface area contributed by atoms with Crippen LogP contribution in [0.2, 0.25) is 0 Å². The molecular weight excluding hydrogens is 426 g/mol. The molecule has 0 radical (unpaired) electrons. The molecule has 1 aliphatic carbocycles. The predicted molar refractivity (Wildman–Crippen MR) is 122 cm³/mol. The van der Waals surface area contributed by atoms with Crippen LogP contribution < -0.4 is 4.90 Å². The Kier molecular flexibility index (Phi) is 6.50. The van der Waals surface area contributed by atoms with Crippen LogP contribution in [0, 0.1) is 11.6 Å². The summed E-state index contributed by atoms with van der Waals surface area (Å²) >= 11 is 0. The van der Waals surface area contributed by atoms with E-state index in [0.717, 1.165) is 76.6 Å². The molecule has 33 heavy (non-hydrogen) atoms. The lowest BCUT2D eigenvalue weighted by molar-refractivity contribution is -0.134. The third kappa shape index (κ3) is 4.99. The molecule has 1 aromatic heterocycles. The number of rotatable bonds is 5. The first-order chi connectivity index (χ1) is 16.1. The molecule has 2 saturated heterocycles. The van der Waals surface area contributed by atoms with Crippen LogP contribution in [0.25, 0.3) is 11.3 Å². The first kappa shape index (κ1) is 22.2. The van der Waals surface area contributed by atoms with E-state index in [1.807, 2.05) is 4.90 Å². The van der Waals surface area contributed by atoms with E-state index in [2.05, 4.69) is 24.9 Å². The van der Waals surface area contributed by atoms with Crippen molar-refractivity contribution in [2.45, 2.75) is 25.3 Å². The van der Waals surface area contributed by atoms with Gasteiger partial charge in [-0.05, 0) is 43.2 Å². The van der Waals surface area contributed by atoms with E-state index < -0.39 is 11.6 Å². The normalized spacial score (nSPS) is 20.7.